The molecule has 0 bridgehead atoms. The molecule has 1 spiro atoms. The summed E-state index contributed by atoms with van der Waals surface area (Å²) in [7, 11) is 0. The molecule has 2 heterocycles. The van der Waals surface area contributed by atoms with Gasteiger partial charge in [0.1, 0.15) is 5.82 Å². The second-order valence-corrected chi connectivity index (χ2v) is 6.45. The molecule has 0 amide bonds. The molecule has 1 fully saturated rings. The topological polar surface area (TPSA) is 93.9 Å². The van der Waals surface area contributed by atoms with Crippen molar-refractivity contribution in [3.63, 3.8) is 0 Å². The Labute approximate surface area is 133 Å². The van der Waals surface area contributed by atoms with Crippen molar-refractivity contribution < 1.29 is 4.39 Å². The molecule has 2 aromatic rings. The Bertz CT molecular complexity index is 736. The van der Waals surface area contributed by atoms with Crippen LogP contribution in [-0.4, -0.2) is 21.5 Å². The number of nitrogen functional groups attached to an aromatic ring is 2. The molecule has 2 aliphatic rings. The van der Waals surface area contributed by atoms with Gasteiger partial charge in [-0.1, -0.05) is 25.0 Å². The molecule has 7 heteroatoms. The molecule has 1 aromatic heterocycles. The normalized spacial score (nSPS) is 18.6. The number of rotatable bonds is 2. The molecule has 0 saturated heterocycles. The second-order valence-electron chi connectivity index (χ2n) is 6.45. The van der Waals surface area contributed by atoms with Crippen molar-refractivity contribution in [2.24, 2.45) is 0 Å². The third-order valence-electron chi connectivity index (χ3n) is 4.98. The zero-order chi connectivity index (χ0) is 16.0. The van der Waals surface area contributed by atoms with Crippen LogP contribution >= 0.6 is 0 Å². The standard InChI is InChI=1S/C16H19FN6/c17-11-5-3-4-10-13(11)23(9-16(10)6-1-2-7-16)8-12-20-14(18)22-15(19)21-12/h3-5H,1-2,6-9H2,(H4,18,19,20,21,22). The van der Waals surface area contributed by atoms with Gasteiger partial charge in [-0.05, 0) is 24.5 Å². The van der Waals surface area contributed by atoms with Crippen molar-refractivity contribution in [1.82, 2.24) is 15.0 Å². The first-order chi connectivity index (χ1) is 11.1. The monoisotopic (exact) mass is 314 g/mol. The molecular formula is C16H19FN6. The molecule has 6 nitrogen and oxygen atoms in total. The number of fused-ring (bicyclic) bond motifs is 2. The summed E-state index contributed by atoms with van der Waals surface area (Å²) < 4.78 is 14.5. The Morgan fingerprint density at radius 2 is 1.78 bits per heavy atom. The first-order valence-corrected chi connectivity index (χ1v) is 7.87. The fourth-order valence-corrected chi connectivity index (χ4v) is 4.11. The van der Waals surface area contributed by atoms with Crippen LogP contribution in [0.3, 0.4) is 0 Å². The third kappa shape index (κ3) is 2.27. The van der Waals surface area contributed by atoms with Crippen LogP contribution in [0.5, 0.6) is 0 Å². The minimum absolute atomic E-state index is 0.0571. The molecule has 120 valence electrons. The van der Waals surface area contributed by atoms with Crippen LogP contribution in [-0.2, 0) is 12.0 Å². The van der Waals surface area contributed by atoms with Crippen LogP contribution < -0.4 is 16.4 Å². The first kappa shape index (κ1) is 14.2. The van der Waals surface area contributed by atoms with Crippen molar-refractivity contribution >= 4 is 17.6 Å². The van der Waals surface area contributed by atoms with E-state index in [4.69, 9.17) is 11.5 Å². The third-order valence-corrected chi connectivity index (χ3v) is 4.98. The lowest BCUT2D eigenvalue weighted by molar-refractivity contribution is 0.464. The van der Waals surface area contributed by atoms with Gasteiger partial charge >= 0.3 is 0 Å². The summed E-state index contributed by atoms with van der Waals surface area (Å²) in [6.07, 6.45) is 4.58. The predicted molar refractivity (Wildman–Crippen MR) is 86.2 cm³/mol. The average molecular weight is 314 g/mol. The SMILES string of the molecule is Nc1nc(N)nc(CN2CC3(CCCC3)c3cccc(F)c32)n1. The quantitative estimate of drug-likeness (QED) is 0.880. The molecule has 23 heavy (non-hydrogen) atoms. The fraction of sp³-hybridized carbons (Fsp3) is 0.438. The summed E-state index contributed by atoms with van der Waals surface area (Å²) in [4.78, 5) is 14.1. The van der Waals surface area contributed by atoms with Crippen LogP contribution in [0.25, 0.3) is 0 Å². The van der Waals surface area contributed by atoms with Crippen LogP contribution in [0.1, 0.15) is 37.1 Å². The van der Waals surface area contributed by atoms with Crippen LogP contribution in [0.2, 0.25) is 0 Å². The zero-order valence-corrected chi connectivity index (χ0v) is 12.8. The van der Waals surface area contributed by atoms with E-state index in [-0.39, 0.29) is 23.1 Å². The lowest BCUT2D eigenvalue weighted by Crippen LogP contribution is -2.31. The highest BCUT2D eigenvalue weighted by Crippen LogP contribution is 2.51. The zero-order valence-electron chi connectivity index (χ0n) is 12.8. The molecule has 0 atom stereocenters. The Morgan fingerprint density at radius 1 is 1.09 bits per heavy atom. The first-order valence-electron chi connectivity index (χ1n) is 7.87. The van der Waals surface area contributed by atoms with Crippen molar-refractivity contribution in [3.8, 4) is 0 Å². The number of nitrogens with two attached hydrogens (primary N) is 2. The van der Waals surface area contributed by atoms with Gasteiger partial charge in [-0.2, -0.15) is 15.0 Å². The molecule has 1 aliphatic carbocycles. The minimum atomic E-state index is -0.193. The lowest BCUT2D eigenvalue weighted by atomic mass is 9.81. The average Bonchev–Trinajstić information content (AvgIpc) is 3.06. The molecular weight excluding hydrogens is 295 g/mol. The van der Waals surface area contributed by atoms with Gasteiger partial charge in [0, 0.05) is 12.0 Å². The van der Waals surface area contributed by atoms with Crippen LogP contribution in [0, 0.1) is 5.82 Å². The largest absolute Gasteiger partial charge is 0.368 e. The van der Waals surface area contributed by atoms with E-state index in [1.54, 1.807) is 6.07 Å². The molecule has 4 N–H and O–H groups in total. The summed E-state index contributed by atoms with van der Waals surface area (Å²) >= 11 is 0. The van der Waals surface area contributed by atoms with E-state index in [0.29, 0.717) is 18.1 Å². The summed E-state index contributed by atoms with van der Waals surface area (Å²) in [5.74, 6) is 0.465. The second kappa shape index (κ2) is 5.04. The predicted octanol–water partition coefficient (Wildman–Crippen LogP) is 2.01. The number of hydrogen-bond donors (Lipinski definition) is 2. The van der Waals surface area contributed by atoms with E-state index < -0.39 is 0 Å². The van der Waals surface area contributed by atoms with Gasteiger partial charge in [0.25, 0.3) is 0 Å². The Balaban J connectivity index is 1.73. The highest BCUT2D eigenvalue weighted by atomic mass is 19.1. The van der Waals surface area contributed by atoms with E-state index in [0.717, 1.165) is 24.9 Å². The summed E-state index contributed by atoms with van der Waals surface area (Å²) in [6, 6.07) is 5.37. The van der Waals surface area contributed by atoms with Crippen molar-refractivity contribution in [1.29, 1.82) is 0 Å². The maximum Gasteiger partial charge on any atom is 0.225 e. The molecule has 1 aromatic carbocycles. The molecule has 0 unspecified atom stereocenters. The number of para-hydroxylation sites is 1. The van der Waals surface area contributed by atoms with E-state index in [1.807, 2.05) is 4.90 Å². The number of hydrogen-bond acceptors (Lipinski definition) is 6. The Morgan fingerprint density at radius 3 is 2.48 bits per heavy atom. The van der Waals surface area contributed by atoms with Gasteiger partial charge in [0.15, 0.2) is 5.82 Å². The number of nitrogens with zero attached hydrogens (tertiary/aromatic N) is 4. The number of halogens is 1. The number of aromatic nitrogens is 3. The smallest absolute Gasteiger partial charge is 0.225 e. The van der Waals surface area contributed by atoms with Gasteiger partial charge in [-0.25, -0.2) is 4.39 Å². The van der Waals surface area contributed by atoms with Crippen molar-refractivity contribution in [3.05, 3.63) is 35.4 Å². The van der Waals surface area contributed by atoms with Gasteiger partial charge < -0.3 is 16.4 Å². The van der Waals surface area contributed by atoms with Gasteiger partial charge in [-0.15, -0.1) is 0 Å². The van der Waals surface area contributed by atoms with Crippen molar-refractivity contribution in [2.75, 3.05) is 22.9 Å². The number of anilines is 3. The Kier molecular flexibility index (Phi) is 3.11. The summed E-state index contributed by atoms with van der Waals surface area (Å²) in [6.45, 7) is 1.17. The van der Waals surface area contributed by atoms with E-state index >= 15 is 0 Å². The van der Waals surface area contributed by atoms with Gasteiger partial charge in [0.2, 0.25) is 11.9 Å². The molecule has 1 aliphatic heterocycles. The molecule has 4 rings (SSSR count). The van der Waals surface area contributed by atoms with E-state index in [9.17, 15) is 4.39 Å². The van der Waals surface area contributed by atoms with Gasteiger partial charge in [0.05, 0.1) is 12.2 Å². The summed E-state index contributed by atoms with van der Waals surface area (Å²) in [5.41, 5.74) is 13.1. The molecule has 0 radical (unpaired) electrons. The molecule has 1 saturated carbocycles. The van der Waals surface area contributed by atoms with Crippen LogP contribution in [0.15, 0.2) is 18.2 Å². The highest BCUT2D eigenvalue weighted by molar-refractivity contribution is 5.64. The lowest BCUT2D eigenvalue weighted by Gasteiger charge is -2.25. The highest BCUT2D eigenvalue weighted by Gasteiger charge is 2.45. The number of benzene rings is 1. The Hall–Kier alpha value is -2.44. The maximum atomic E-state index is 14.5. The fourth-order valence-electron chi connectivity index (χ4n) is 4.11. The van der Waals surface area contributed by atoms with E-state index in [1.165, 1.54) is 18.9 Å². The minimum Gasteiger partial charge on any atom is -0.368 e. The van der Waals surface area contributed by atoms with Crippen LogP contribution in [0.4, 0.5) is 22.0 Å². The van der Waals surface area contributed by atoms with Gasteiger partial charge in [-0.3, -0.25) is 0 Å². The van der Waals surface area contributed by atoms with Crippen molar-refractivity contribution in [2.45, 2.75) is 37.6 Å². The maximum absolute atomic E-state index is 14.5. The summed E-state index contributed by atoms with van der Waals surface area (Å²) in [5, 5.41) is 0. The van der Waals surface area contributed by atoms with E-state index in [2.05, 4.69) is 21.0 Å².